The largest absolute Gasteiger partial charge is 0.495 e. The van der Waals surface area contributed by atoms with Crippen LogP contribution in [0.3, 0.4) is 0 Å². The molecule has 0 bridgehead atoms. The molecule has 1 aromatic carbocycles. The van der Waals surface area contributed by atoms with Gasteiger partial charge in [0, 0.05) is 10.7 Å². The number of halogens is 1. The molecule has 0 amide bonds. The molecule has 88 valence electrons. The highest BCUT2D eigenvalue weighted by molar-refractivity contribution is 9.10. The molecule has 0 atom stereocenters. The Morgan fingerprint density at radius 3 is 2.82 bits per heavy atom. The van der Waals surface area contributed by atoms with Crippen LogP contribution in [-0.4, -0.2) is 12.1 Å². The molecule has 0 saturated carbocycles. The Kier molecular flexibility index (Phi) is 3.49. The molecule has 4 nitrogen and oxygen atoms in total. The number of methoxy groups -OCH3 is 1. The van der Waals surface area contributed by atoms with Gasteiger partial charge in [-0.15, -0.1) is 0 Å². The lowest BCUT2D eigenvalue weighted by Crippen LogP contribution is -1.99. The van der Waals surface area contributed by atoms with Gasteiger partial charge in [0.1, 0.15) is 11.6 Å². The van der Waals surface area contributed by atoms with Gasteiger partial charge in [0.25, 0.3) is 0 Å². The molecule has 0 spiro atoms. The average Bonchev–Trinajstić information content (AvgIpc) is 2.32. The number of anilines is 3. The van der Waals surface area contributed by atoms with Gasteiger partial charge in [0.2, 0.25) is 0 Å². The van der Waals surface area contributed by atoms with Crippen molar-refractivity contribution in [3.05, 3.63) is 41.0 Å². The second-order valence-electron chi connectivity index (χ2n) is 3.41. The standard InChI is InChI=1S/C12H12BrN3O/c1-17-11-5-4-8(13)7-10(11)16-9-3-2-6-15-12(9)14/h2-7,16H,1H3,(H2,14,15). The van der Waals surface area contributed by atoms with Crippen LogP contribution >= 0.6 is 15.9 Å². The molecule has 2 rings (SSSR count). The lowest BCUT2D eigenvalue weighted by molar-refractivity contribution is 0.417. The first-order chi connectivity index (χ1) is 8.20. The Morgan fingerprint density at radius 1 is 1.29 bits per heavy atom. The number of hydrogen-bond donors (Lipinski definition) is 2. The van der Waals surface area contributed by atoms with Crippen molar-refractivity contribution in [1.82, 2.24) is 4.98 Å². The summed E-state index contributed by atoms with van der Waals surface area (Å²) in [6, 6.07) is 9.40. The van der Waals surface area contributed by atoms with E-state index in [4.69, 9.17) is 10.5 Å². The summed E-state index contributed by atoms with van der Waals surface area (Å²) in [5, 5.41) is 3.19. The highest BCUT2D eigenvalue weighted by Crippen LogP contribution is 2.31. The first kappa shape index (κ1) is 11.7. The molecule has 0 radical (unpaired) electrons. The van der Waals surface area contributed by atoms with E-state index >= 15 is 0 Å². The van der Waals surface area contributed by atoms with Gasteiger partial charge in [-0.1, -0.05) is 15.9 Å². The Morgan fingerprint density at radius 2 is 2.12 bits per heavy atom. The van der Waals surface area contributed by atoms with Gasteiger partial charge in [0.05, 0.1) is 18.5 Å². The summed E-state index contributed by atoms with van der Waals surface area (Å²) in [6.45, 7) is 0. The van der Waals surface area contributed by atoms with Crippen LogP contribution in [-0.2, 0) is 0 Å². The Balaban J connectivity index is 2.35. The lowest BCUT2D eigenvalue weighted by Gasteiger charge is -2.12. The summed E-state index contributed by atoms with van der Waals surface area (Å²) in [5.74, 6) is 1.20. The second kappa shape index (κ2) is 5.05. The van der Waals surface area contributed by atoms with Gasteiger partial charge in [0.15, 0.2) is 0 Å². The molecule has 0 aliphatic carbocycles. The summed E-state index contributed by atoms with van der Waals surface area (Å²) in [7, 11) is 1.63. The van der Waals surface area contributed by atoms with E-state index in [9.17, 15) is 0 Å². The van der Waals surface area contributed by atoms with Crippen molar-refractivity contribution in [2.45, 2.75) is 0 Å². The molecule has 0 saturated heterocycles. The molecule has 0 fully saturated rings. The van der Waals surface area contributed by atoms with Gasteiger partial charge >= 0.3 is 0 Å². The number of ether oxygens (including phenoxy) is 1. The van der Waals surface area contributed by atoms with E-state index in [2.05, 4.69) is 26.2 Å². The van der Waals surface area contributed by atoms with E-state index in [1.165, 1.54) is 0 Å². The smallest absolute Gasteiger partial charge is 0.147 e. The third-order valence-corrected chi connectivity index (χ3v) is 2.76. The van der Waals surface area contributed by atoms with Crippen LogP contribution in [0.4, 0.5) is 17.2 Å². The third kappa shape index (κ3) is 2.68. The molecule has 0 unspecified atom stereocenters. The first-order valence-corrected chi connectivity index (χ1v) is 5.81. The molecule has 0 aliphatic rings. The van der Waals surface area contributed by atoms with Crippen LogP contribution in [0.5, 0.6) is 5.75 Å². The van der Waals surface area contributed by atoms with Crippen molar-refractivity contribution >= 4 is 33.1 Å². The number of benzene rings is 1. The van der Waals surface area contributed by atoms with Crippen LogP contribution in [0.1, 0.15) is 0 Å². The maximum absolute atomic E-state index is 5.77. The van der Waals surface area contributed by atoms with E-state index < -0.39 is 0 Å². The van der Waals surface area contributed by atoms with Crippen molar-refractivity contribution in [1.29, 1.82) is 0 Å². The molecular weight excluding hydrogens is 282 g/mol. The number of hydrogen-bond acceptors (Lipinski definition) is 4. The third-order valence-electron chi connectivity index (χ3n) is 2.27. The number of aromatic nitrogens is 1. The Bertz CT molecular complexity index is 531. The van der Waals surface area contributed by atoms with Gasteiger partial charge in [-0.25, -0.2) is 4.98 Å². The van der Waals surface area contributed by atoms with Gasteiger partial charge in [-0.2, -0.15) is 0 Å². The van der Waals surface area contributed by atoms with Crippen molar-refractivity contribution in [2.24, 2.45) is 0 Å². The van der Waals surface area contributed by atoms with Crippen molar-refractivity contribution in [2.75, 3.05) is 18.2 Å². The van der Waals surface area contributed by atoms with Crippen molar-refractivity contribution < 1.29 is 4.74 Å². The fourth-order valence-corrected chi connectivity index (χ4v) is 1.81. The number of nitrogen functional groups attached to an aromatic ring is 1. The van der Waals surface area contributed by atoms with Crippen LogP contribution in [0.25, 0.3) is 0 Å². The van der Waals surface area contributed by atoms with Gasteiger partial charge < -0.3 is 15.8 Å². The topological polar surface area (TPSA) is 60.2 Å². The zero-order valence-electron chi connectivity index (χ0n) is 9.27. The maximum atomic E-state index is 5.77. The Labute approximate surface area is 108 Å². The fraction of sp³-hybridized carbons (Fsp3) is 0.0833. The minimum absolute atomic E-state index is 0.453. The number of nitrogens with one attached hydrogen (secondary N) is 1. The molecule has 0 aliphatic heterocycles. The van der Waals surface area contributed by atoms with Crippen LogP contribution in [0, 0.1) is 0 Å². The quantitative estimate of drug-likeness (QED) is 0.912. The minimum atomic E-state index is 0.453. The summed E-state index contributed by atoms with van der Waals surface area (Å²) >= 11 is 3.41. The average molecular weight is 294 g/mol. The Hall–Kier alpha value is -1.75. The second-order valence-corrected chi connectivity index (χ2v) is 4.32. The predicted octanol–water partition coefficient (Wildman–Crippen LogP) is 3.18. The van der Waals surface area contributed by atoms with Crippen molar-refractivity contribution in [3.63, 3.8) is 0 Å². The summed E-state index contributed by atoms with van der Waals surface area (Å²) in [6.07, 6.45) is 1.65. The summed E-state index contributed by atoms with van der Waals surface area (Å²) < 4.78 is 6.23. The zero-order chi connectivity index (χ0) is 12.3. The SMILES string of the molecule is COc1ccc(Br)cc1Nc1cccnc1N. The summed E-state index contributed by atoms with van der Waals surface area (Å²) in [5.41, 5.74) is 7.36. The highest BCUT2D eigenvalue weighted by Gasteiger charge is 2.06. The number of nitrogens with two attached hydrogens (primary N) is 1. The number of pyridine rings is 1. The zero-order valence-corrected chi connectivity index (χ0v) is 10.9. The monoisotopic (exact) mass is 293 g/mol. The molecule has 2 aromatic rings. The van der Waals surface area contributed by atoms with Crippen LogP contribution in [0.15, 0.2) is 41.0 Å². The van der Waals surface area contributed by atoms with E-state index in [0.717, 1.165) is 21.6 Å². The number of nitrogens with zero attached hydrogens (tertiary/aromatic N) is 1. The van der Waals surface area contributed by atoms with E-state index in [1.54, 1.807) is 13.3 Å². The minimum Gasteiger partial charge on any atom is -0.495 e. The van der Waals surface area contributed by atoms with Crippen LogP contribution in [0.2, 0.25) is 0 Å². The number of rotatable bonds is 3. The van der Waals surface area contributed by atoms with E-state index in [1.807, 2.05) is 30.3 Å². The molecule has 17 heavy (non-hydrogen) atoms. The van der Waals surface area contributed by atoms with Gasteiger partial charge in [-0.05, 0) is 30.3 Å². The molecule has 1 heterocycles. The fourth-order valence-electron chi connectivity index (χ4n) is 1.45. The van der Waals surface area contributed by atoms with Crippen molar-refractivity contribution in [3.8, 4) is 5.75 Å². The van der Waals surface area contributed by atoms with E-state index in [0.29, 0.717) is 5.82 Å². The lowest BCUT2D eigenvalue weighted by atomic mass is 10.2. The molecule has 5 heteroatoms. The van der Waals surface area contributed by atoms with E-state index in [-0.39, 0.29) is 0 Å². The first-order valence-electron chi connectivity index (χ1n) is 5.02. The van der Waals surface area contributed by atoms with Gasteiger partial charge in [-0.3, -0.25) is 0 Å². The molecule has 3 N–H and O–H groups in total. The molecular formula is C12H12BrN3O. The van der Waals surface area contributed by atoms with Crippen LogP contribution < -0.4 is 15.8 Å². The molecule has 1 aromatic heterocycles. The predicted molar refractivity (Wildman–Crippen MR) is 72.6 cm³/mol. The highest BCUT2D eigenvalue weighted by atomic mass is 79.9. The maximum Gasteiger partial charge on any atom is 0.147 e. The normalized spacial score (nSPS) is 10.0. The summed E-state index contributed by atoms with van der Waals surface area (Å²) in [4.78, 5) is 4.02.